The van der Waals surface area contributed by atoms with Gasteiger partial charge in [0.1, 0.15) is 5.82 Å². The third-order valence-corrected chi connectivity index (χ3v) is 3.39. The van der Waals surface area contributed by atoms with Gasteiger partial charge in [-0.3, -0.25) is 0 Å². The summed E-state index contributed by atoms with van der Waals surface area (Å²) in [5, 5.41) is 0. The van der Waals surface area contributed by atoms with Gasteiger partial charge in [0, 0.05) is 13.1 Å². The highest BCUT2D eigenvalue weighted by Gasteiger charge is 2.11. The van der Waals surface area contributed by atoms with E-state index in [0.717, 1.165) is 18.7 Å². The molecule has 1 heterocycles. The van der Waals surface area contributed by atoms with Gasteiger partial charge in [0.2, 0.25) is 0 Å². The van der Waals surface area contributed by atoms with E-state index >= 15 is 0 Å². The summed E-state index contributed by atoms with van der Waals surface area (Å²) >= 11 is 3.11. The first-order valence-corrected chi connectivity index (χ1v) is 6.52. The van der Waals surface area contributed by atoms with E-state index < -0.39 is 0 Å². The van der Waals surface area contributed by atoms with Crippen molar-refractivity contribution in [1.29, 1.82) is 0 Å². The fraction of sp³-hybridized carbons (Fsp3) is 0.417. The average Bonchev–Trinajstić information content (AvgIpc) is 2.41. The van der Waals surface area contributed by atoms with Gasteiger partial charge in [0.15, 0.2) is 5.96 Å². The maximum Gasteiger partial charge on any atom is 0.191 e. The van der Waals surface area contributed by atoms with Crippen LogP contribution < -0.4 is 5.73 Å². The minimum absolute atomic E-state index is 0. The number of rotatable bonds is 2. The highest BCUT2D eigenvalue weighted by atomic mass is 127. The average molecular weight is 444 g/mol. The maximum absolute atomic E-state index is 13.3. The van der Waals surface area contributed by atoms with E-state index in [2.05, 4.69) is 20.9 Å². The quantitative estimate of drug-likeness (QED) is 0.433. The van der Waals surface area contributed by atoms with E-state index in [9.17, 15) is 4.39 Å². The smallest absolute Gasteiger partial charge is 0.191 e. The molecule has 1 aromatic rings. The number of hydrogen-bond donors (Lipinski definition) is 1. The summed E-state index contributed by atoms with van der Waals surface area (Å²) in [5.41, 5.74) is 6.68. The molecule has 1 fully saturated rings. The van der Waals surface area contributed by atoms with Crippen LogP contribution in [-0.2, 0) is 11.3 Å². The molecular formula is C12H16BrFIN3O. The molecule has 19 heavy (non-hydrogen) atoms. The number of ether oxygens (including phenoxy) is 1. The first-order chi connectivity index (χ1) is 8.66. The SMILES string of the molecule is I.NC(=NCc1ccc(Br)c(F)c1)N1CCOCC1. The molecule has 2 rings (SSSR count). The number of aliphatic imine (C=N–C) groups is 1. The second kappa shape index (κ2) is 8.01. The van der Waals surface area contributed by atoms with Crippen LogP contribution in [0.4, 0.5) is 4.39 Å². The Morgan fingerprint density at radius 2 is 2.11 bits per heavy atom. The van der Waals surface area contributed by atoms with E-state index in [1.54, 1.807) is 6.07 Å². The van der Waals surface area contributed by atoms with Crippen molar-refractivity contribution in [2.45, 2.75) is 6.54 Å². The molecule has 0 bridgehead atoms. The van der Waals surface area contributed by atoms with Crippen LogP contribution in [0.25, 0.3) is 0 Å². The molecule has 0 aromatic heterocycles. The van der Waals surface area contributed by atoms with E-state index in [4.69, 9.17) is 10.5 Å². The predicted octanol–water partition coefficient (Wildman–Crippen LogP) is 2.35. The van der Waals surface area contributed by atoms with Gasteiger partial charge >= 0.3 is 0 Å². The largest absolute Gasteiger partial charge is 0.378 e. The number of halogens is 3. The molecule has 0 unspecified atom stereocenters. The molecule has 0 radical (unpaired) electrons. The van der Waals surface area contributed by atoms with Crippen LogP contribution in [0.5, 0.6) is 0 Å². The van der Waals surface area contributed by atoms with Crippen LogP contribution >= 0.6 is 39.9 Å². The molecule has 1 aliphatic rings. The van der Waals surface area contributed by atoms with Crippen LogP contribution in [0.2, 0.25) is 0 Å². The van der Waals surface area contributed by atoms with Crippen molar-refractivity contribution >= 4 is 45.9 Å². The first kappa shape index (κ1) is 16.6. The van der Waals surface area contributed by atoms with Crippen molar-refractivity contribution < 1.29 is 9.13 Å². The van der Waals surface area contributed by atoms with E-state index in [0.29, 0.717) is 30.2 Å². The Bertz CT molecular complexity index is 453. The summed E-state index contributed by atoms with van der Waals surface area (Å²) in [6.45, 7) is 3.23. The van der Waals surface area contributed by atoms with Crippen molar-refractivity contribution in [3.63, 3.8) is 0 Å². The molecule has 0 saturated carbocycles. The fourth-order valence-electron chi connectivity index (χ4n) is 1.70. The highest BCUT2D eigenvalue weighted by Crippen LogP contribution is 2.16. The van der Waals surface area contributed by atoms with Gasteiger partial charge in [0.05, 0.1) is 24.2 Å². The summed E-state index contributed by atoms with van der Waals surface area (Å²) in [5.74, 6) is 0.203. The Morgan fingerprint density at radius 3 is 2.74 bits per heavy atom. The first-order valence-electron chi connectivity index (χ1n) is 5.73. The van der Waals surface area contributed by atoms with Gasteiger partial charge in [-0.15, -0.1) is 24.0 Å². The fourth-order valence-corrected chi connectivity index (χ4v) is 1.95. The molecule has 0 aliphatic carbocycles. The molecule has 1 saturated heterocycles. The number of benzene rings is 1. The number of hydrogen-bond acceptors (Lipinski definition) is 2. The number of nitrogens with two attached hydrogens (primary N) is 1. The Balaban J connectivity index is 0.00000180. The van der Waals surface area contributed by atoms with Crippen molar-refractivity contribution in [3.05, 3.63) is 34.1 Å². The predicted molar refractivity (Wildman–Crippen MR) is 87.2 cm³/mol. The highest BCUT2D eigenvalue weighted by molar-refractivity contribution is 14.0. The third kappa shape index (κ3) is 4.88. The van der Waals surface area contributed by atoms with Crippen molar-refractivity contribution in [3.8, 4) is 0 Å². The second-order valence-electron chi connectivity index (χ2n) is 4.02. The minimum atomic E-state index is -0.285. The molecular weight excluding hydrogens is 428 g/mol. The zero-order valence-corrected chi connectivity index (χ0v) is 14.2. The topological polar surface area (TPSA) is 50.8 Å². The molecule has 0 amide bonds. The van der Waals surface area contributed by atoms with Crippen molar-refractivity contribution in [2.24, 2.45) is 10.7 Å². The van der Waals surface area contributed by atoms with Gasteiger partial charge in [-0.05, 0) is 33.6 Å². The summed E-state index contributed by atoms with van der Waals surface area (Å²) in [7, 11) is 0. The summed E-state index contributed by atoms with van der Waals surface area (Å²) in [4.78, 5) is 6.24. The van der Waals surface area contributed by atoms with E-state index in [-0.39, 0.29) is 29.8 Å². The van der Waals surface area contributed by atoms with Crippen LogP contribution in [0.1, 0.15) is 5.56 Å². The zero-order valence-electron chi connectivity index (χ0n) is 10.3. The molecule has 1 aliphatic heterocycles. The van der Waals surface area contributed by atoms with Crippen molar-refractivity contribution in [1.82, 2.24) is 4.90 Å². The Hall–Kier alpha value is -0.410. The normalized spacial score (nSPS) is 16.1. The molecule has 0 atom stereocenters. The van der Waals surface area contributed by atoms with Crippen LogP contribution in [0.3, 0.4) is 0 Å². The van der Waals surface area contributed by atoms with Crippen LogP contribution in [-0.4, -0.2) is 37.2 Å². The van der Waals surface area contributed by atoms with Gasteiger partial charge in [-0.1, -0.05) is 6.07 Å². The lowest BCUT2D eigenvalue weighted by Gasteiger charge is -2.27. The maximum atomic E-state index is 13.3. The molecule has 1 aromatic carbocycles. The standard InChI is InChI=1S/C12H15BrFN3O.HI/c13-10-2-1-9(7-11(10)14)8-16-12(15)17-3-5-18-6-4-17;/h1-2,7H,3-6,8H2,(H2,15,16);1H. The van der Waals surface area contributed by atoms with Gasteiger partial charge < -0.3 is 15.4 Å². The lowest BCUT2D eigenvalue weighted by Crippen LogP contribution is -2.44. The van der Waals surface area contributed by atoms with Crippen LogP contribution in [0.15, 0.2) is 27.7 Å². The van der Waals surface area contributed by atoms with Gasteiger partial charge in [-0.25, -0.2) is 9.38 Å². The molecule has 0 spiro atoms. The lowest BCUT2D eigenvalue weighted by molar-refractivity contribution is 0.0674. The van der Waals surface area contributed by atoms with Crippen LogP contribution in [0, 0.1) is 5.82 Å². The summed E-state index contributed by atoms with van der Waals surface area (Å²) in [6.07, 6.45) is 0. The Morgan fingerprint density at radius 1 is 1.42 bits per heavy atom. The third-order valence-electron chi connectivity index (χ3n) is 2.74. The molecule has 7 heteroatoms. The summed E-state index contributed by atoms with van der Waals surface area (Å²) in [6, 6.07) is 4.95. The number of guanidine groups is 1. The molecule has 106 valence electrons. The van der Waals surface area contributed by atoms with Crippen molar-refractivity contribution in [2.75, 3.05) is 26.3 Å². The Labute approximate surface area is 137 Å². The van der Waals surface area contributed by atoms with Gasteiger partial charge in [-0.2, -0.15) is 0 Å². The number of morpholine rings is 1. The molecule has 4 nitrogen and oxygen atoms in total. The monoisotopic (exact) mass is 443 g/mol. The summed E-state index contributed by atoms with van der Waals surface area (Å²) < 4.78 is 19.0. The zero-order chi connectivity index (χ0) is 13.0. The second-order valence-corrected chi connectivity index (χ2v) is 4.88. The van der Waals surface area contributed by atoms with E-state index in [1.807, 2.05) is 11.0 Å². The van der Waals surface area contributed by atoms with E-state index in [1.165, 1.54) is 6.07 Å². The lowest BCUT2D eigenvalue weighted by atomic mass is 10.2. The van der Waals surface area contributed by atoms with Gasteiger partial charge in [0.25, 0.3) is 0 Å². The Kier molecular flexibility index (Phi) is 7.01. The molecule has 2 N–H and O–H groups in total. The minimum Gasteiger partial charge on any atom is -0.378 e. The number of nitrogens with zero attached hydrogens (tertiary/aromatic N) is 2.